The van der Waals surface area contributed by atoms with Gasteiger partial charge in [-0.2, -0.15) is 0 Å². The number of ether oxygens (including phenoxy) is 2. The summed E-state index contributed by atoms with van der Waals surface area (Å²) in [4.78, 5) is 25.3. The number of nitrogens with one attached hydrogen (secondary N) is 1. The Labute approximate surface area is 306 Å². The van der Waals surface area contributed by atoms with E-state index in [4.69, 9.17) is 14.6 Å². The number of carboxylic acids is 1. The maximum Gasteiger partial charge on any atom is 0.303 e. The van der Waals surface area contributed by atoms with Crippen molar-refractivity contribution in [1.29, 1.82) is 0 Å². The van der Waals surface area contributed by atoms with Gasteiger partial charge in [0.1, 0.15) is 0 Å². The Balaban J connectivity index is 1.14. The number of unbranched alkanes of at least 4 members (excludes halogenated alkanes) is 1. The number of rotatable bonds is 15. The van der Waals surface area contributed by atoms with Gasteiger partial charge in [0.05, 0.1) is 18.8 Å². The van der Waals surface area contributed by atoms with Crippen molar-refractivity contribution in [2.75, 3.05) is 13.6 Å². The summed E-state index contributed by atoms with van der Waals surface area (Å²) >= 11 is 0. The van der Waals surface area contributed by atoms with Crippen LogP contribution in [-0.4, -0.2) is 46.7 Å². The van der Waals surface area contributed by atoms with Gasteiger partial charge in [-0.15, -0.1) is 0 Å². The first kappa shape index (κ1) is 36.9. The SMILES string of the molecule is CC(c1ccc2ccccc2c1)N(C)CC1CC(c2ccc(CO)cc2)OC(c2ccc(-c3cccc(CNC(=O)CCCCC(=O)O)c3)cc2)O1. The predicted octanol–water partition coefficient (Wildman–Crippen LogP) is 8.50. The molecule has 4 unspecified atom stereocenters. The topological polar surface area (TPSA) is 108 Å². The number of carbonyl (C=O) groups excluding carboxylic acids is 1. The van der Waals surface area contributed by atoms with Crippen molar-refractivity contribution in [2.45, 2.75) is 76.7 Å². The molecule has 0 aromatic heterocycles. The number of hydrogen-bond acceptors (Lipinski definition) is 6. The van der Waals surface area contributed by atoms with Gasteiger partial charge in [0, 0.05) is 44.0 Å². The van der Waals surface area contributed by atoms with Crippen LogP contribution >= 0.6 is 0 Å². The highest BCUT2D eigenvalue weighted by molar-refractivity contribution is 5.83. The third-order valence-electron chi connectivity index (χ3n) is 10.0. The van der Waals surface area contributed by atoms with Crippen LogP contribution in [0.15, 0.2) is 115 Å². The van der Waals surface area contributed by atoms with E-state index in [2.05, 4.69) is 103 Å². The summed E-state index contributed by atoms with van der Waals surface area (Å²) in [5, 5.41) is 23.8. The molecule has 1 fully saturated rings. The highest BCUT2D eigenvalue weighted by atomic mass is 16.7. The number of hydrogen-bond donors (Lipinski definition) is 3. The summed E-state index contributed by atoms with van der Waals surface area (Å²) in [5.74, 6) is -0.920. The molecule has 3 N–H and O–H groups in total. The largest absolute Gasteiger partial charge is 0.481 e. The maximum absolute atomic E-state index is 12.3. The van der Waals surface area contributed by atoms with Crippen LogP contribution in [0.5, 0.6) is 0 Å². The van der Waals surface area contributed by atoms with Crippen LogP contribution in [0.2, 0.25) is 0 Å². The fourth-order valence-corrected chi connectivity index (χ4v) is 6.78. The smallest absolute Gasteiger partial charge is 0.303 e. The Hall–Kier alpha value is -4.86. The van der Waals surface area contributed by atoms with Crippen molar-refractivity contribution in [3.63, 3.8) is 0 Å². The molecule has 0 aliphatic carbocycles. The molecule has 5 aromatic carbocycles. The van der Waals surface area contributed by atoms with E-state index in [9.17, 15) is 14.7 Å². The molecule has 1 amide bonds. The zero-order valence-corrected chi connectivity index (χ0v) is 29.9. The Morgan fingerprint density at radius 2 is 1.52 bits per heavy atom. The van der Waals surface area contributed by atoms with Gasteiger partial charge in [0.2, 0.25) is 5.91 Å². The van der Waals surface area contributed by atoms with Crippen molar-refractivity contribution >= 4 is 22.6 Å². The zero-order valence-electron chi connectivity index (χ0n) is 29.9. The fraction of sp³-hybridized carbons (Fsp3) is 0.318. The molecule has 52 heavy (non-hydrogen) atoms. The lowest BCUT2D eigenvalue weighted by Gasteiger charge is -2.39. The van der Waals surface area contributed by atoms with E-state index >= 15 is 0 Å². The van der Waals surface area contributed by atoms with E-state index in [-0.39, 0.29) is 37.2 Å². The van der Waals surface area contributed by atoms with Crippen molar-refractivity contribution in [1.82, 2.24) is 10.2 Å². The third-order valence-corrected chi connectivity index (χ3v) is 10.0. The van der Waals surface area contributed by atoms with Crippen LogP contribution in [0, 0.1) is 0 Å². The minimum atomic E-state index is -0.839. The number of benzene rings is 5. The molecule has 5 aromatic rings. The average Bonchev–Trinajstić information content (AvgIpc) is 3.18. The van der Waals surface area contributed by atoms with Gasteiger partial charge >= 0.3 is 5.97 Å². The fourth-order valence-electron chi connectivity index (χ4n) is 6.78. The van der Waals surface area contributed by atoms with Crippen LogP contribution in [0.3, 0.4) is 0 Å². The van der Waals surface area contributed by atoms with Crippen LogP contribution in [0.1, 0.15) is 85.3 Å². The van der Waals surface area contributed by atoms with Crippen LogP contribution < -0.4 is 5.32 Å². The summed E-state index contributed by atoms with van der Waals surface area (Å²) in [6.45, 7) is 3.36. The number of carboxylic acid groups (broad SMARTS) is 1. The Kier molecular flexibility index (Phi) is 12.5. The number of fused-ring (bicyclic) bond motifs is 1. The highest BCUT2D eigenvalue weighted by Gasteiger charge is 2.33. The number of amides is 1. The molecule has 1 saturated heterocycles. The molecule has 1 heterocycles. The number of carbonyl (C=O) groups is 2. The first-order valence-electron chi connectivity index (χ1n) is 18.1. The molecule has 6 rings (SSSR count). The van der Waals surface area contributed by atoms with E-state index in [1.807, 2.05) is 36.4 Å². The third kappa shape index (κ3) is 9.72. The molecule has 8 heteroatoms. The van der Waals surface area contributed by atoms with Crippen molar-refractivity contribution in [3.05, 3.63) is 143 Å². The first-order chi connectivity index (χ1) is 25.2. The molecule has 1 aliphatic rings. The number of nitrogens with zero attached hydrogens (tertiary/aromatic N) is 1. The molecule has 0 bridgehead atoms. The Morgan fingerprint density at radius 1 is 0.788 bits per heavy atom. The maximum atomic E-state index is 12.3. The summed E-state index contributed by atoms with van der Waals surface area (Å²) in [6, 6.07) is 39.6. The summed E-state index contributed by atoms with van der Waals surface area (Å²) in [7, 11) is 2.15. The second kappa shape index (κ2) is 17.6. The minimum Gasteiger partial charge on any atom is -0.481 e. The molecule has 0 spiro atoms. The van der Waals surface area contributed by atoms with Crippen molar-refractivity contribution in [3.8, 4) is 11.1 Å². The second-order valence-electron chi connectivity index (χ2n) is 13.8. The van der Waals surface area contributed by atoms with Crippen LogP contribution in [0.25, 0.3) is 21.9 Å². The van der Waals surface area contributed by atoms with Crippen LogP contribution in [0.4, 0.5) is 0 Å². The van der Waals surface area contributed by atoms with E-state index in [0.29, 0.717) is 32.2 Å². The van der Waals surface area contributed by atoms with Gasteiger partial charge in [-0.1, -0.05) is 103 Å². The summed E-state index contributed by atoms with van der Waals surface area (Å²) in [5.41, 5.74) is 7.17. The molecule has 0 radical (unpaired) electrons. The van der Waals surface area contributed by atoms with E-state index in [1.54, 1.807) is 0 Å². The minimum absolute atomic E-state index is 0.00229. The Morgan fingerprint density at radius 3 is 2.27 bits per heavy atom. The summed E-state index contributed by atoms with van der Waals surface area (Å²) < 4.78 is 13.3. The lowest BCUT2D eigenvalue weighted by Crippen LogP contribution is -2.38. The second-order valence-corrected chi connectivity index (χ2v) is 13.8. The normalized spacial score (nSPS) is 18.0. The van der Waals surface area contributed by atoms with Gasteiger partial charge in [-0.3, -0.25) is 14.5 Å². The van der Waals surface area contributed by atoms with E-state index in [1.165, 1.54) is 16.3 Å². The van der Waals surface area contributed by atoms with Gasteiger partial charge in [-0.25, -0.2) is 0 Å². The standard InChI is InChI=1S/C44H48N2O6/c1-30(37-23-20-33-9-3-4-10-39(33)25-37)46(2)28-40-26-41(35-16-14-31(29-47)15-17-35)52-44(51-40)36-21-18-34(19-22-36)38-11-7-8-32(24-38)27-45-42(48)12-5-6-13-43(49)50/h3-4,7-11,14-25,30,40-41,44,47H,5-6,12-13,26-29H2,1-2H3,(H,45,48)(H,49,50). The highest BCUT2D eigenvalue weighted by Crippen LogP contribution is 2.39. The van der Waals surface area contributed by atoms with Gasteiger partial charge in [0.15, 0.2) is 6.29 Å². The summed E-state index contributed by atoms with van der Waals surface area (Å²) in [6.07, 6.45) is 1.32. The predicted molar refractivity (Wildman–Crippen MR) is 203 cm³/mol. The number of likely N-dealkylation sites (N-methyl/N-ethyl adjacent to an activating group) is 1. The van der Waals surface area contributed by atoms with Crippen molar-refractivity contribution < 1.29 is 29.3 Å². The zero-order chi connectivity index (χ0) is 36.5. The lowest BCUT2D eigenvalue weighted by molar-refractivity contribution is -0.253. The quantitative estimate of drug-likeness (QED) is 0.0941. The molecular formula is C44H48N2O6. The van der Waals surface area contributed by atoms with Gasteiger partial charge < -0.3 is 25.0 Å². The van der Waals surface area contributed by atoms with Crippen LogP contribution in [-0.2, 0) is 32.2 Å². The molecule has 8 nitrogen and oxygen atoms in total. The number of aliphatic hydroxyl groups is 1. The van der Waals surface area contributed by atoms with E-state index < -0.39 is 12.3 Å². The van der Waals surface area contributed by atoms with Gasteiger partial charge in [-0.05, 0) is 83.1 Å². The Bertz CT molecular complexity index is 1940. The van der Waals surface area contributed by atoms with E-state index in [0.717, 1.165) is 39.9 Å². The molecule has 1 aliphatic heterocycles. The average molecular weight is 701 g/mol. The lowest BCUT2D eigenvalue weighted by atomic mass is 9.98. The van der Waals surface area contributed by atoms with Crippen molar-refractivity contribution in [2.24, 2.45) is 0 Å². The van der Waals surface area contributed by atoms with Gasteiger partial charge in [0.25, 0.3) is 0 Å². The molecule has 0 saturated carbocycles. The first-order valence-corrected chi connectivity index (χ1v) is 18.1. The number of aliphatic hydroxyl groups excluding tert-OH is 1. The molecule has 270 valence electrons. The monoisotopic (exact) mass is 700 g/mol. The number of aliphatic carboxylic acids is 1. The molecular weight excluding hydrogens is 652 g/mol. The molecule has 4 atom stereocenters.